The summed E-state index contributed by atoms with van der Waals surface area (Å²) in [5.74, 6) is 1.28. The Hall–Kier alpha value is -4.37. The molecule has 34 heavy (non-hydrogen) atoms. The third-order valence-corrected chi connectivity index (χ3v) is 6.50. The van der Waals surface area contributed by atoms with Crippen LogP contribution >= 0.6 is 0 Å². The number of hydrogen-bond donors (Lipinski definition) is 3. The van der Waals surface area contributed by atoms with E-state index in [4.69, 9.17) is 27.2 Å². The van der Waals surface area contributed by atoms with E-state index in [2.05, 4.69) is 39.2 Å². The molecule has 6 rings (SSSR count). The monoisotopic (exact) mass is 449 g/mol. The van der Waals surface area contributed by atoms with E-state index in [-0.39, 0.29) is 11.5 Å². The Kier molecular flexibility index (Phi) is 4.53. The highest BCUT2D eigenvalue weighted by Crippen LogP contribution is 2.39. The predicted molar refractivity (Wildman–Crippen MR) is 132 cm³/mol. The zero-order chi connectivity index (χ0) is 23.3. The van der Waals surface area contributed by atoms with Crippen LogP contribution < -0.4 is 17.2 Å². The van der Waals surface area contributed by atoms with Gasteiger partial charge in [0.2, 0.25) is 5.95 Å². The van der Waals surface area contributed by atoms with E-state index in [9.17, 15) is 0 Å². The zero-order valence-corrected chi connectivity index (χ0v) is 18.4. The van der Waals surface area contributed by atoms with Gasteiger partial charge in [0, 0.05) is 35.4 Å². The van der Waals surface area contributed by atoms with Gasteiger partial charge in [-0.3, -0.25) is 4.57 Å². The van der Waals surface area contributed by atoms with Crippen molar-refractivity contribution in [1.29, 1.82) is 0 Å². The molecule has 168 valence electrons. The van der Waals surface area contributed by atoms with E-state index in [1.807, 2.05) is 28.8 Å². The molecule has 1 saturated carbocycles. The maximum Gasteiger partial charge on any atom is 0.219 e. The summed E-state index contributed by atoms with van der Waals surface area (Å²) in [5, 5.41) is 0. The van der Waals surface area contributed by atoms with Crippen LogP contribution in [0.2, 0.25) is 0 Å². The first-order valence-corrected chi connectivity index (χ1v) is 11.1. The van der Waals surface area contributed by atoms with Gasteiger partial charge in [0.15, 0.2) is 11.5 Å². The van der Waals surface area contributed by atoms with E-state index in [1.165, 1.54) is 0 Å². The van der Waals surface area contributed by atoms with Gasteiger partial charge in [-0.1, -0.05) is 12.1 Å². The van der Waals surface area contributed by atoms with Gasteiger partial charge < -0.3 is 17.2 Å². The molecule has 6 N–H and O–H groups in total. The van der Waals surface area contributed by atoms with Crippen LogP contribution in [0.5, 0.6) is 0 Å². The molecule has 9 heteroatoms. The number of imidazole rings is 1. The molecule has 0 saturated heterocycles. The number of rotatable bonds is 4. The Morgan fingerprint density at radius 1 is 0.853 bits per heavy atom. The average molecular weight is 450 g/mol. The Bertz CT molecular complexity index is 1500. The van der Waals surface area contributed by atoms with Gasteiger partial charge >= 0.3 is 0 Å². The molecule has 1 fully saturated rings. The summed E-state index contributed by atoms with van der Waals surface area (Å²) in [4.78, 5) is 22.2. The van der Waals surface area contributed by atoms with E-state index in [0.29, 0.717) is 23.0 Å². The molecule has 0 atom stereocenters. The smallest absolute Gasteiger partial charge is 0.219 e. The minimum atomic E-state index is -0.229. The standard InChI is InChI=1S/C25H23N9/c26-21-18(3-1-12-29-21)22-33-20-9-8-19(15-13-30-24(27)31-14-15)32-23(20)34(22)17-6-4-16(5-7-17)25(28)10-2-11-25/h1,3-9,12-14H,2,10-11,28H2,(H2,26,29)(H2,27,30,31). The van der Waals surface area contributed by atoms with Crippen molar-refractivity contribution in [3.8, 4) is 28.3 Å². The Morgan fingerprint density at radius 2 is 1.62 bits per heavy atom. The normalized spacial score (nSPS) is 14.7. The molecule has 4 heterocycles. The van der Waals surface area contributed by atoms with Crippen LogP contribution in [-0.2, 0) is 5.54 Å². The second kappa shape index (κ2) is 7.60. The average Bonchev–Trinajstić information content (AvgIpc) is 3.22. The third kappa shape index (κ3) is 3.25. The number of nitrogens with zero attached hydrogens (tertiary/aromatic N) is 6. The second-order valence-corrected chi connectivity index (χ2v) is 8.63. The lowest BCUT2D eigenvalue weighted by Gasteiger charge is -2.38. The summed E-state index contributed by atoms with van der Waals surface area (Å²) < 4.78 is 2.00. The zero-order valence-electron chi connectivity index (χ0n) is 18.4. The van der Waals surface area contributed by atoms with Gasteiger partial charge in [-0.2, -0.15) is 0 Å². The summed E-state index contributed by atoms with van der Waals surface area (Å²) >= 11 is 0. The van der Waals surface area contributed by atoms with Crippen LogP contribution in [-0.4, -0.2) is 29.5 Å². The first-order chi connectivity index (χ1) is 16.5. The third-order valence-electron chi connectivity index (χ3n) is 6.50. The fraction of sp³-hybridized carbons (Fsp3) is 0.160. The van der Waals surface area contributed by atoms with Gasteiger partial charge in [-0.05, 0) is 61.2 Å². The molecule has 9 nitrogen and oxygen atoms in total. The van der Waals surface area contributed by atoms with Gasteiger partial charge in [-0.25, -0.2) is 24.9 Å². The summed E-state index contributed by atoms with van der Waals surface area (Å²) in [6.45, 7) is 0. The number of anilines is 2. The molecule has 0 bridgehead atoms. The van der Waals surface area contributed by atoms with Gasteiger partial charge in [0.1, 0.15) is 11.3 Å². The SMILES string of the molecule is Nc1ncc(-c2ccc3nc(-c4cccnc4N)n(-c4ccc(C5(N)CCC5)cc4)c3n2)cn1. The van der Waals surface area contributed by atoms with Gasteiger partial charge in [0.25, 0.3) is 0 Å². The van der Waals surface area contributed by atoms with Crippen molar-refractivity contribution in [2.24, 2.45) is 5.73 Å². The molecule has 0 unspecified atom stereocenters. The maximum absolute atomic E-state index is 6.54. The van der Waals surface area contributed by atoms with E-state index in [1.54, 1.807) is 18.6 Å². The first kappa shape index (κ1) is 20.3. The van der Waals surface area contributed by atoms with Crippen LogP contribution in [0.4, 0.5) is 11.8 Å². The van der Waals surface area contributed by atoms with Crippen LogP contribution in [0.15, 0.2) is 67.1 Å². The molecule has 0 aliphatic heterocycles. The van der Waals surface area contributed by atoms with Crippen LogP contribution in [0.3, 0.4) is 0 Å². The largest absolute Gasteiger partial charge is 0.383 e. The number of hydrogen-bond acceptors (Lipinski definition) is 8. The lowest BCUT2D eigenvalue weighted by Crippen LogP contribution is -2.43. The number of aromatic nitrogens is 6. The molecule has 1 aromatic carbocycles. The molecule has 0 spiro atoms. The Morgan fingerprint density at radius 3 is 2.29 bits per heavy atom. The highest BCUT2D eigenvalue weighted by molar-refractivity contribution is 5.84. The number of fused-ring (bicyclic) bond motifs is 1. The van der Waals surface area contributed by atoms with Crippen molar-refractivity contribution in [1.82, 2.24) is 29.5 Å². The Balaban J connectivity index is 1.56. The summed E-state index contributed by atoms with van der Waals surface area (Å²) in [6, 6.07) is 15.9. The number of nitrogens with two attached hydrogens (primary N) is 3. The van der Waals surface area contributed by atoms with E-state index in [0.717, 1.165) is 47.2 Å². The van der Waals surface area contributed by atoms with Crippen molar-refractivity contribution >= 4 is 22.9 Å². The molecule has 1 aliphatic rings. The van der Waals surface area contributed by atoms with Crippen molar-refractivity contribution in [2.45, 2.75) is 24.8 Å². The molecule has 0 amide bonds. The van der Waals surface area contributed by atoms with Crippen molar-refractivity contribution < 1.29 is 0 Å². The summed E-state index contributed by atoms with van der Waals surface area (Å²) in [5.41, 5.74) is 23.9. The van der Waals surface area contributed by atoms with E-state index < -0.39 is 0 Å². The van der Waals surface area contributed by atoms with Gasteiger partial charge in [-0.15, -0.1) is 0 Å². The lowest BCUT2D eigenvalue weighted by atomic mass is 9.73. The maximum atomic E-state index is 6.54. The Labute approximate surface area is 195 Å². The van der Waals surface area contributed by atoms with E-state index >= 15 is 0 Å². The minimum absolute atomic E-state index is 0.216. The molecular weight excluding hydrogens is 426 g/mol. The molecule has 5 aromatic rings. The van der Waals surface area contributed by atoms with Crippen molar-refractivity contribution in [3.05, 3.63) is 72.7 Å². The fourth-order valence-electron chi connectivity index (χ4n) is 4.41. The second-order valence-electron chi connectivity index (χ2n) is 8.63. The summed E-state index contributed by atoms with van der Waals surface area (Å²) in [7, 11) is 0. The highest BCUT2D eigenvalue weighted by atomic mass is 15.1. The molecule has 4 aromatic heterocycles. The fourth-order valence-corrected chi connectivity index (χ4v) is 4.41. The molecule has 1 aliphatic carbocycles. The number of benzene rings is 1. The lowest BCUT2D eigenvalue weighted by molar-refractivity contribution is 0.253. The number of pyridine rings is 2. The van der Waals surface area contributed by atoms with Crippen molar-refractivity contribution in [3.63, 3.8) is 0 Å². The molecule has 0 radical (unpaired) electrons. The highest BCUT2D eigenvalue weighted by Gasteiger charge is 2.34. The topological polar surface area (TPSA) is 147 Å². The van der Waals surface area contributed by atoms with Crippen molar-refractivity contribution in [2.75, 3.05) is 11.5 Å². The van der Waals surface area contributed by atoms with Crippen LogP contribution in [0.1, 0.15) is 24.8 Å². The van der Waals surface area contributed by atoms with Crippen LogP contribution in [0.25, 0.3) is 39.5 Å². The van der Waals surface area contributed by atoms with Crippen LogP contribution in [0, 0.1) is 0 Å². The molecular formula is C25H23N9. The first-order valence-electron chi connectivity index (χ1n) is 11.1. The minimum Gasteiger partial charge on any atom is -0.383 e. The number of nitrogen functional groups attached to an aromatic ring is 2. The van der Waals surface area contributed by atoms with Gasteiger partial charge in [0.05, 0.1) is 11.3 Å². The summed E-state index contributed by atoms with van der Waals surface area (Å²) in [6.07, 6.45) is 8.16. The quantitative estimate of drug-likeness (QED) is 0.378. The predicted octanol–water partition coefficient (Wildman–Crippen LogP) is 3.44.